The minimum atomic E-state index is 0.312. The zero-order chi connectivity index (χ0) is 16.9. The van der Waals surface area contributed by atoms with Gasteiger partial charge in [0.15, 0.2) is 5.96 Å². The third-order valence-corrected chi connectivity index (χ3v) is 3.83. The van der Waals surface area contributed by atoms with Crippen molar-refractivity contribution in [1.29, 1.82) is 0 Å². The van der Waals surface area contributed by atoms with Crippen LogP contribution in [0.25, 0.3) is 0 Å². The number of imidazole rings is 1. The Kier molecular flexibility index (Phi) is 9.26. The molecule has 0 spiro atoms. The van der Waals surface area contributed by atoms with Crippen LogP contribution in [0.2, 0.25) is 0 Å². The molecule has 2 heterocycles. The number of guanidine groups is 1. The number of hydrogen-bond donors (Lipinski definition) is 2. The van der Waals surface area contributed by atoms with E-state index < -0.39 is 0 Å². The van der Waals surface area contributed by atoms with E-state index in [0.717, 1.165) is 71.2 Å². The van der Waals surface area contributed by atoms with Crippen LogP contribution in [0.3, 0.4) is 0 Å². The Balaban J connectivity index is 1.51. The Hall–Kier alpha value is -1.60. The van der Waals surface area contributed by atoms with Gasteiger partial charge in [0.1, 0.15) is 0 Å². The average molecular weight is 337 g/mol. The third kappa shape index (κ3) is 7.79. The summed E-state index contributed by atoms with van der Waals surface area (Å²) in [6.45, 7) is 7.91. The van der Waals surface area contributed by atoms with Crippen LogP contribution in [0.1, 0.15) is 32.6 Å². The minimum Gasteiger partial charge on any atom is -0.379 e. The molecule has 0 aliphatic carbocycles. The summed E-state index contributed by atoms with van der Waals surface area (Å²) in [7, 11) is 0. The zero-order valence-electron chi connectivity index (χ0n) is 14.7. The summed E-state index contributed by atoms with van der Waals surface area (Å²) < 4.78 is 13.3. The second kappa shape index (κ2) is 11.9. The Bertz CT molecular complexity index is 444. The number of hydrogen-bond acceptors (Lipinski definition) is 4. The first kappa shape index (κ1) is 18.7. The quantitative estimate of drug-likeness (QED) is 0.363. The molecule has 7 heteroatoms. The first-order chi connectivity index (χ1) is 11.9. The van der Waals surface area contributed by atoms with Crippen molar-refractivity contribution in [2.75, 3.05) is 39.5 Å². The van der Waals surface area contributed by atoms with Gasteiger partial charge in [0.05, 0.1) is 19.0 Å². The number of ether oxygens (including phenoxy) is 2. The minimum absolute atomic E-state index is 0.312. The van der Waals surface area contributed by atoms with Gasteiger partial charge >= 0.3 is 0 Å². The molecule has 1 aliphatic rings. The Morgan fingerprint density at radius 1 is 1.42 bits per heavy atom. The van der Waals surface area contributed by atoms with Gasteiger partial charge in [0.25, 0.3) is 0 Å². The summed E-state index contributed by atoms with van der Waals surface area (Å²) in [5.74, 6) is 0.877. The molecule has 1 unspecified atom stereocenters. The highest BCUT2D eigenvalue weighted by molar-refractivity contribution is 5.79. The maximum absolute atomic E-state index is 5.67. The molecule has 0 aromatic carbocycles. The lowest BCUT2D eigenvalue weighted by molar-refractivity contribution is 0.0168. The van der Waals surface area contributed by atoms with Crippen LogP contribution in [0.5, 0.6) is 0 Å². The molecule has 1 fully saturated rings. The van der Waals surface area contributed by atoms with E-state index in [2.05, 4.69) is 32.1 Å². The summed E-state index contributed by atoms with van der Waals surface area (Å²) in [6, 6.07) is 0. The molecule has 1 aliphatic heterocycles. The van der Waals surface area contributed by atoms with E-state index in [0.29, 0.717) is 6.10 Å². The van der Waals surface area contributed by atoms with Crippen LogP contribution in [-0.2, 0) is 16.0 Å². The Labute approximate surface area is 144 Å². The predicted molar refractivity (Wildman–Crippen MR) is 95.2 cm³/mol. The third-order valence-electron chi connectivity index (χ3n) is 3.83. The summed E-state index contributed by atoms with van der Waals surface area (Å²) in [5, 5.41) is 6.62. The monoisotopic (exact) mass is 337 g/mol. The SMILES string of the molecule is CCNC(=NCCCn1ccnc1)NCCCOCC1CCCO1. The van der Waals surface area contributed by atoms with Gasteiger partial charge in [-0.25, -0.2) is 4.98 Å². The highest BCUT2D eigenvalue weighted by Crippen LogP contribution is 2.11. The molecule has 1 saturated heterocycles. The number of rotatable bonds is 11. The maximum atomic E-state index is 5.67. The van der Waals surface area contributed by atoms with Gasteiger partial charge in [-0.3, -0.25) is 4.99 Å². The van der Waals surface area contributed by atoms with Gasteiger partial charge in [0.2, 0.25) is 0 Å². The number of nitrogens with zero attached hydrogens (tertiary/aromatic N) is 3. The maximum Gasteiger partial charge on any atom is 0.191 e. The standard InChI is InChI=1S/C17H31N5O2/c1-2-19-17(20-7-4-10-22-11-9-18-15-22)21-8-5-12-23-14-16-6-3-13-24-16/h9,11,15-16H,2-8,10,12-14H2,1H3,(H2,19,20,21). The van der Waals surface area contributed by atoms with Crippen LogP contribution in [0.15, 0.2) is 23.7 Å². The number of aliphatic imine (C=N–C) groups is 1. The summed E-state index contributed by atoms with van der Waals surface area (Å²) in [6.07, 6.45) is 10.2. The molecule has 2 N–H and O–H groups in total. The van der Waals surface area contributed by atoms with Crippen molar-refractivity contribution >= 4 is 5.96 Å². The van der Waals surface area contributed by atoms with Crippen molar-refractivity contribution < 1.29 is 9.47 Å². The lowest BCUT2D eigenvalue weighted by Gasteiger charge is -2.12. The van der Waals surface area contributed by atoms with Gasteiger partial charge in [-0.2, -0.15) is 0 Å². The summed E-state index contributed by atoms with van der Waals surface area (Å²) in [5.41, 5.74) is 0. The molecule has 7 nitrogen and oxygen atoms in total. The molecule has 1 aromatic heterocycles. The highest BCUT2D eigenvalue weighted by Gasteiger charge is 2.14. The van der Waals surface area contributed by atoms with Crippen molar-refractivity contribution in [3.63, 3.8) is 0 Å². The highest BCUT2D eigenvalue weighted by atomic mass is 16.5. The molecular formula is C17H31N5O2. The number of aryl methyl sites for hydroxylation is 1. The molecule has 24 heavy (non-hydrogen) atoms. The van der Waals surface area contributed by atoms with Crippen LogP contribution >= 0.6 is 0 Å². The van der Waals surface area contributed by atoms with Crippen molar-refractivity contribution in [2.24, 2.45) is 4.99 Å². The lowest BCUT2D eigenvalue weighted by atomic mass is 10.2. The van der Waals surface area contributed by atoms with Crippen molar-refractivity contribution in [1.82, 2.24) is 20.2 Å². The normalized spacial score (nSPS) is 18.0. The van der Waals surface area contributed by atoms with Crippen molar-refractivity contribution in [3.8, 4) is 0 Å². The Morgan fingerprint density at radius 3 is 3.12 bits per heavy atom. The summed E-state index contributed by atoms with van der Waals surface area (Å²) in [4.78, 5) is 8.63. The molecular weight excluding hydrogens is 306 g/mol. The second-order valence-corrected chi connectivity index (χ2v) is 5.90. The number of nitrogens with one attached hydrogen (secondary N) is 2. The van der Waals surface area contributed by atoms with E-state index in [1.165, 1.54) is 6.42 Å². The fourth-order valence-electron chi connectivity index (χ4n) is 2.58. The molecule has 2 rings (SSSR count). The van der Waals surface area contributed by atoms with Gasteiger partial charge < -0.3 is 24.7 Å². The van der Waals surface area contributed by atoms with E-state index in [9.17, 15) is 0 Å². The van der Waals surface area contributed by atoms with Crippen LogP contribution in [0, 0.1) is 0 Å². The van der Waals surface area contributed by atoms with Gasteiger partial charge in [-0.15, -0.1) is 0 Å². The number of aromatic nitrogens is 2. The smallest absolute Gasteiger partial charge is 0.191 e. The lowest BCUT2D eigenvalue weighted by Crippen LogP contribution is -2.38. The average Bonchev–Trinajstić information content (AvgIpc) is 3.28. The Morgan fingerprint density at radius 2 is 2.38 bits per heavy atom. The predicted octanol–water partition coefficient (Wildman–Crippen LogP) is 1.41. The zero-order valence-corrected chi connectivity index (χ0v) is 14.7. The van der Waals surface area contributed by atoms with Gasteiger partial charge in [0, 0.05) is 51.8 Å². The fourth-order valence-corrected chi connectivity index (χ4v) is 2.58. The van der Waals surface area contributed by atoms with Crippen LogP contribution in [0.4, 0.5) is 0 Å². The molecule has 0 bridgehead atoms. The van der Waals surface area contributed by atoms with E-state index in [-0.39, 0.29) is 0 Å². The molecule has 0 saturated carbocycles. The van der Waals surface area contributed by atoms with Gasteiger partial charge in [-0.05, 0) is 32.6 Å². The molecule has 1 aromatic rings. The fraction of sp³-hybridized carbons (Fsp3) is 0.765. The molecule has 136 valence electrons. The van der Waals surface area contributed by atoms with Gasteiger partial charge in [-0.1, -0.05) is 0 Å². The molecule has 0 amide bonds. The van der Waals surface area contributed by atoms with E-state index >= 15 is 0 Å². The topological polar surface area (TPSA) is 72.7 Å². The molecule has 1 atom stereocenters. The summed E-state index contributed by atoms with van der Waals surface area (Å²) >= 11 is 0. The first-order valence-corrected chi connectivity index (χ1v) is 9.05. The first-order valence-electron chi connectivity index (χ1n) is 9.05. The second-order valence-electron chi connectivity index (χ2n) is 5.90. The van der Waals surface area contributed by atoms with E-state index in [1.54, 1.807) is 6.20 Å². The molecule has 0 radical (unpaired) electrons. The van der Waals surface area contributed by atoms with Crippen LogP contribution < -0.4 is 10.6 Å². The largest absolute Gasteiger partial charge is 0.379 e. The van der Waals surface area contributed by atoms with Crippen molar-refractivity contribution in [2.45, 2.75) is 45.3 Å². The van der Waals surface area contributed by atoms with E-state index in [4.69, 9.17) is 9.47 Å². The van der Waals surface area contributed by atoms with Crippen molar-refractivity contribution in [3.05, 3.63) is 18.7 Å². The van der Waals surface area contributed by atoms with Crippen LogP contribution in [-0.4, -0.2) is 61.1 Å². The van der Waals surface area contributed by atoms with E-state index in [1.807, 2.05) is 12.5 Å².